The number of anilines is 1. The summed E-state index contributed by atoms with van der Waals surface area (Å²) in [5.74, 6) is 0.194. The Morgan fingerprint density at radius 2 is 1.88 bits per heavy atom. The molecular formula is C21H23ClN2O2. The molecule has 0 bridgehead atoms. The summed E-state index contributed by atoms with van der Waals surface area (Å²) in [5, 5.41) is 3.78. The molecule has 1 heterocycles. The summed E-state index contributed by atoms with van der Waals surface area (Å²) in [6.45, 7) is 4.85. The standard InChI is InChI=1S/C21H23ClN2O2/c1-14(2)20(15-8-10-17(22)11-9-15)23-21(26)16-5-3-6-18(13-16)24-12-4-7-19(24)25/h3,5-6,8-11,13-14,20H,4,7,12H2,1-2H3,(H,23,26). The fourth-order valence-corrected chi connectivity index (χ4v) is 3.39. The summed E-state index contributed by atoms with van der Waals surface area (Å²) in [5.41, 5.74) is 2.36. The maximum atomic E-state index is 12.8. The number of carbonyl (C=O) groups is 2. The third-order valence-corrected chi connectivity index (χ3v) is 4.93. The Kier molecular flexibility index (Phi) is 5.62. The molecule has 2 amide bonds. The third-order valence-electron chi connectivity index (χ3n) is 4.68. The van der Waals surface area contributed by atoms with E-state index >= 15 is 0 Å². The van der Waals surface area contributed by atoms with Gasteiger partial charge in [-0.25, -0.2) is 0 Å². The van der Waals surface area contributed by atoms with Crippen molar-refractivity contribution in [2.24, 2.45) is 5.92 Å². The Morgan fingerprint density at radius 3 is 2.50 bits per heavy atom. The van der Waals surface area contributed by atoms with E-state index in [0.717, 1.165) is 17.7 Å². The Bertz CT molecular complexity index is 802. The zero-order chi connectivity index (χ0) is 18.7. The molecule has 1 saturated heterocycles. The minimum absolute atomic E-state index is 0.114. The first kappa shape index (κ1) is 18.5. The fourth-order valence-electron chi connectivity index (χ4n) is 3.27. The lowest BCUT2D eigenvalue weighted by Gasteiger charge is -2.23. The van der Waals surface area contributed by atoms with Crippen molar-refractivity contribution < 1.29 is 9.59 Å². The Morgan fingerprint density at radius 1 is 1.15 bits per heavy atom. The molecule has 4 nitrogen and oxygen atoms in total. The second-order valence-corrected chi connectivity index (χ2v) is 7.38. The van der Waals surface area contributed by atoms with Crippen LogP contribution >= 0.6 is 11.6 Å². The van der Waals surface area contributed by atoms with Crippen molar-refractivity contribution in [2.45, 2.75) is 32.7 Å². The number of carbonyl (C=O) groups excluding carboxylic acids is 2. The number of halogens is 1. The van der Waals surface area contributed by atoms with Crippen molar-refractivity contribution >= 4 is 29.1 Å². The number of nitrogens with one attached hydrogen (secondary N) is 1. The largest absolute Gasteiger partial charge is 0.345 e. The maximum Gasteiger partial charge on any atom is 0.251 e. The smallest absolute Gasteiger partial charge is 0.251 e. The lowest BCUT2D eigenvalue weighted by Crippen LogP contribution is -2.32. The monoisotopic (exact) mass is 370 g/mol. The predicted octanol–water partition coefficient (Wildman–Crippen LogP) is 4.59. The van der Waals surface area contributed by atoms with Gasteiger partial charge in [-0.2, -0.15) is 0 Å². The molecular weight excluding hydrogens is 348 g/mol. The Balaban J connectivity index is 1.79. The van der Waals surface area contributed by atoms with E-state index in [1.54, 1.807) is 17.0 Å². The molecule has 0 spiro atoms. The van der Waals surface area contributed by atoms with E-state index in [-0.39, 0.29) is 23.8 Å². The molecule has 1 N–H and O–H groups in total. The van der Waals surface area contributed by atoms with E-state index in [1.165, 1.54) is 0 Å². The molecule has 1 aliphatic rings. The number of rotatable bonds is 5. The molecule has 1 aliphatic heterocycles. The van der Waals surface area contributed by atoms with Crippen LogP contribution in [0.25, 0.3) is 0 Å². The molecule has 136 valence electrons. The van der Waals surface area contributed by atoms with Crippen molar-refractivity contribution in [1.82, 2.24) is 5.32 Å². The first-order chi connectivity index (χ1) is 12.5. The van der Waals surface area contributed by atoms with Crippen LogP contribution in [0.1, 0.15) is 48.7 Å². The second kappa shape index (κ2) is 7.92. The SMILES string of the molecule is CC(C)C(NC(=O)c1cccc(N2CCCC2=O)c1)c1ccc(Cl)cc1. The van der Waals surface area contributed by atoms with Crippen molar-refractivity contribution in [3.05, 3.63) is 64.7 Å². The lowest BCUT2D eigenvalue weighted by molar-refractivity contribution is -0.117. The van der Waals surface area contributed by atoms with Crippen molar-refractivity contribution in [1.29, 1.82) is 0 Å². The van der Waals surface area contributed by atoms with Gasteiger partial charge < -0.3 is 10.2 Å². The first-order valence-corrected chi connectivity index (χ1v) is 9.30. The molecule has 3 rings (SSSR count). The number of amides is 2. The minimum Gasteiger partial charge on any atom is -0.345 e. The zero-order valence-corrected chi connectivity index (χ0v) is 15.8. The van der Waals surface area contributed by atoms with E-state index < -0.39 is 0 Å². The number of benzene rings is 2. The molecule has 1 fully saturated rings. The average molecular weight is 371 g/mol. The Labute approximate surface area is 159 Å². The van der Waals surface area contributed by atoms with Crippen LogP contribution in [0.5, 0.6) is 0 Å². The summed E-state index contributed by atoms with van der Waals surface area (Å²) < 4.78 is 0. The van der Waals surface area contributed by atoms with Crippen molar-refractivity contribution in [2.75, 3.05) is 11.4 Å². The van der Waals surface area contributed by atoms with Crippen LogP contribution < -0.4 is 10.2 Å². The molecule has 0 aromatic heterocycles. The third kappa shape index (κ3) is 4.07. The zero-order valence-electron chi connectivity index (χ0n) is 15.0. The number of hydrogen-bond acceptors (Lipinski definition) is 2. The van der Waals surface area contributed by atoms with Gasteiger partial charge in [0.2, 0.25) is 5.91 Å². The van der Waals surface area contributed by atoms with Crippen molar-refractivity contribution in [3.8, 4) is 0 Å². The van der Waals surface area contributed by atoms with Crippen LogP contribution in [0, 0.1) is 5.92 Å². The summed E-state index contributed by atoms with van der Waals surface area (Å²) in [6, 6.07) is 14.7. The Hall–Kier alpha value is -2.33. The molecule has 0 saturated carbocycles. The molecule has 2 aromatic carbocycles. The summed E-state index contributed by atoms with van der Waals surface area (Å²) in [4.78, 5) is 26.5. The van der Waals surface area contributed by atoms with Crippen molar-refractivity contribution in [3.63, 3.8) is 0 Å². The molecule has 1 unspecified atom stereocenters. The fraction of sp³-hybridized carbons (Fsp3) is 0.333. The van der Waals surface area contributed by atoms with Crippen LogP contribution in [-0.2, 0) is 4.79 Å². The van der Waals surface area contributed by atoms with Crippen LogP contribution in [0.2, 0.25) is 5.02 Å². The van der Waals surface area contributed by atoms with E-state index in [0.29, 0.717) is 23.6 Å². The molecule has 0 radical (unpaired) electrons. The van der Waals surface area contributed by atoms with Gasteiger partial charge in [-0.1, -0.05) is 43.6 Å². The summed E-state index contributed by atoms with van der Waals surface area (Å²) >= 11 is 5.97. The highest BCUT2D eigenvalue weighted by Gasteiger charge is 2.23. The molecule has 1 atom stereocenters. The van der Waals surface area contributed by atoms with Gasteiger partial charge in [-0.3, -0.25) is 9.59 Å². The number of hydrogen-bond donors (Lipinski definition) is 1. The van der Waals surface area contributed by atoms with E-state index in [2.05, 4.69) is 19.2 Å². The molecule has 26 heavy (non-hydrogen) atoms. The topological polar surface area (TPSA) is 49.4 Å². The van der Waals surface area contributed by atoms with Gasteiger partial charge in [-0.05, 0) is 48.2 Å². The normalized spacial score (nSPS) is 15.4. The average Bonchev–Trinajstić information content (AvgIpc) is 3.06. The molecule has 2 aromatic rings. The minimum atomic E-state index is -0.146. The molecule has 0 aliphatic carbocycles. The van der Waals surface area contributed by atoms with E-state index in [1.807, 2.05) is 36.4 Å². The lowest BCUT2D eigenvalue weighted by atomic mass is 9.95. The van der Waals surface area contributed by atoms with Gasteiger partial charge in [0.15, 0.2) is 0 Å². The highest BCUT2D eigenvalue weighted by Crippen LogP contribution is 2.25. The van der Waals surface area contributed by atoms with E-state index in [9.17, 15) is 9.59 Å². The van der Waals surface area contributed by atoms with Crippen LogP contribution in [0.4, 0.5) is 5.69 Å². The summed E-state index contributed by atoms with van der Waals surface area (Å²) in [6.07, 6.45) is 1.43. The van der Waals surface area contributed by atoms with Gasteiger partial charge >= 0.3 is 0 Å². The van der Waals surface area contributed by atoms with Gasteiger partial charge in [0.1, 0.15) is 0 Å². The highest BCUT2D eigenvalue weighted by molar-refractivity contribution is 6.30. The first-order valence-electron chi connectivity index (χ1n) is 8.92. The van der Waals surface area contributed by atoms with Gasteiger partial charge in [0.05, 0.1) is 6.04 Å². The van der Waals surface area contributed by atoms with E-state index in [4.69, 9.17) is 11.6 Å². The van der Waals surface area contributed by atoms with Crippen LogP contribution in [0.15, 0.2) is 48.5 Å². The quantitative estimate of drug-likeness (QED) is 0.836. The predicted molar refractivity (Wildman–Crippen MR) is 105 cm³/mol. The number of nitrogens with zero attached hydrogens (tertiary/aromatic N) is 1. The van der Waals surface area contributed by atoms with Gasteiger partial charge in [-0.15, -0.1) is 0 Å². The maximum absolute atomic E-state index is 12.8. The van der Waals surface area contributed by atoms with Gasteiger partial charge in [0.25, 0.3) is 5.91 Å². The molecule has 5 heteroatoms. The van der Waals surface area contributed by atoms with Crippen LogP contribution in [-0.4, -0.2) is 18.4 Å². The van der Waals surface area contributed by atoms with Crippen LogP contribution in [0.3, 0.4) is 0 Å². The van der Waals surface area contributed by atoms with Gasteiger partial charge in [0, 0.05) is 29.2 Å². The highest BCUT2D eigenvalue weighted by atomic mass is 35.5. The summed E-state index contributed by atoms with van der Waals surface area (Å²) in [7, 11) is 0. The second-order valence-electron chi connectivity index (χ2n) is 6.95.